The third-order valence-corrected chi connectivity index (χ3v) is 5.32. The molecule has 2 aromatic rings. The van der Waals surface area contributed by atoms with Crippen molar-refractivity contribution in [3.8, 4) is 17.1 Å². The fraction of sp³-hybridized carbons (Fsp3) is 0.450. The molecule has 5 nitrogen and oxygen atoms in total. The summed E-state index contributed by atoms with van der Waals surface area (Å²) >= 11 is 0. The van der Waals surface area contributed by atoms with Gasteiger partial charge in [0.25, 0.3) is 5.91 Å². The molecule has 2 aliphatic heterocycles. The molecule has 2 saturated heterocycles. The van der Waals surface area contributed by atoms with Gasteiger partial charge in [-0.3, -0.25) is 4.79 Å². The number of hydrogen-bond acceptors (Lipinski definition) is 4. The Labute approximate surface area is 147 Å². The second-order valence-electron chi connectivity index (χ2n) is 7.03. The van der Waals surface area contributed by atoms with Crippen molar-refractivity contribution in [3.63, 3.8) is 0 Å². The summed E-state index contributed by atoms with van der Waals surface area (Å²) in [7, 11) is 1.64. The van der Waals surface area contributed by atoms with Gasteiger partial charge in [-0.1, -0.05) is 0 Å². The van der Waals surface area contributed by atoms with Gasteiger partial charge in [-0.05, 0) is 55.7 Å². The minimum atomic E-state index is -0.0225. The molecule has 1 aromatic carbocycles. The summed E-state index contributed by atoms with van der Waals surface area (Å²) in [6.07, 6.45) is 3.22. The van der Waals surface area contributed by atoms with Crippen LogP contribution >= 0.6 is 0 Å². The smallest absolute Gasteiger partial charge is 0.289 e. The van der Waals surface area contributed by atoms with Gasteiger partial charge in [-0.15, -0.1) is 0 Å². The highest BCUT2D eigenvalue weighted by atomic mass is 16.5. The molecule has 0 unspecified atom stereocenters. The number of rotatable bonds is 3. The maximum absolute atomic E-state index is 12.9. The SMILES string of the molecule is COc1ccc(-c2ccc(C(=O)N3CCC[C@@]4(CCOC4)C3)o2)cc1. The average molecular weight is 341 g/mol. The Hall–Kier alpha value is -2.27. The van der Waals surface area contributed by atoms with Crippen molar-refractivity contribution < 1.29 is 18.7 Å². The lowest BCUT2D eigenvalue weighted by atomic mass is 9.79. The summed E-state index contributed by atoms with van der Waals surface area (Å²) in [4.78, 5) is 14.8. The van der Waals surface area contributed by atoms with Gasteiger partial charge >= 0.3 is 0 Å². The lowest BCUT2D eigenvalue weighted by molar-refractivity contribution is 0.0437. The van der Waals surface area contributed by atoms with Crippen LogP contribution in [0.5, 0.6) is 5.75 Å². The zero-order valence-corrected chi connectivity index (χ0v) is 14.5. The number of likely N-dealkylation sites (tertiary alicyclic amines) is 1. The van der Waals surface area contributed by atoms with E-state index in [1.165, 1.54) is 0 Å². The summed E-state index contributed by atoms with van der Waals surface area (Å²) in [6.45, 7) is 3.14. The minimum absolute atomic E-state index is 0.0225. The molecule has 0 aliphatic carbocycles. The lowest BCUT2D eigenvalue weighted by Crippen LogP contribution is -2.46. The molecule has 1 atom stereocenters. The Kier molecular flexibility index (Phi) is 4.25. The Balaban J connectivity index is 1.50. The predicted molar refractivity (Wildman–Crippen MR) is 93.7 cm³/mol. The molecule has 0 bridgehead atoms. The molecule has 5 heteroatoms. The largest absolute Gasteiger partial charge is 0.497 e. The van der Waals surface area contributed by atoms with E-state index in [0.29, 0.717) is 11.5 Å². The van der Waals surface area contributed by atoms with E-state index in [9.17, 15) is 4.79 Å². The number of methoxy groups -OCH3 is 1. The van der Waals surface area contributed by atoms with Crippen molar-refractivity contribution in [1.82, 2.24) is 4.90 Å². The van der Waals surface area contributed by atoms with Crippen molar-refractivity contribution >= 4 is 5.91 Å². The van der Waals surface area contributed by atoms with Crippen LogP contribution in [-0.2, 0) is 4.74 Å². The van der Waals surface area contributed by atoms with Gasteiger partial charge in [-0.2, -0.15) is 0 Å². The van der Waals surface area contributed by atoms with Crippen LogP contribution in [0.4, 0.5) is 0 Å². The van der Waals surface area contributed by atoms with Crippen LogP contribution in [0.2, 0.25) is 0 Å². The molecular weight excluding hydrogens is 318 g/mol. The number of nitrogens with zero attached hydrogens (tertiary/aromatic N) is 1. The van der Waals surface area contributed by atoms with Crippen molar-refractivity contribution in [1.29, 1.82) is 0 Å². The van der Waals surface area contributed by atoms with Crippen molar-refractivity contribution in [2.45, 2.75) is 19.3 Å². The molecule has 132 valence electrons. The number of benzene rings is 1. The summed E-state index contributed by atoms with van der Waals surface area (Å²) in [5.74, 6) is 1.87. The third kappa shape index (κ3) is 3.16. The van der Waals surface area contributed by atoms with Crippen molar-refractivity contribution in [2.75, 3.05) is 33.4 Å². The van der Waals surface area contributed by atoms with Crippen LogP contribution in [-0.4, -0.2) is 44.2 Å². The van der Waals surface area contributed by atoms with Crippen LogP contribution in [0.3, 0.4) is 0 Å². The first-order chi connectivity index (χ1) is 12.2. The summed E-state index contributed by atoms with van der Waals surface area (Å²) in [5, 5.41) is 0. The molecule has 2 aliphatic rings. The van der Waals surface area contributed by atoms with Crippen molar-refractivity contribution in [2.24, 2.45) is 5.41 Å². The lowest BCUT2D eigenvalue weighted by Gasteiger charge is -2.39. The number of piperidine rings is 1. The predicted octanol–water partition coefficient (Wildman–Crippen LogP) is 3.60. The molecule has 2 fully saturated rings. The molecule has 1 spiro atoms. The van der Waals surface area contributed by atoms with Crippen LogP contribution < -0.4 is 4.74 Å². The Morgan fingerprint density at radius 3 is 2.72 bits per heavy atom. The van der Waals surface area contributed by atoms with E-state index in [0.717, 1.165) is 56.9 Å². The summed E-state index contributed by atoms with van der Waals surface area (Å²) < 4.78 is 16.6. The number of carbonyl (C=O) groups excluding carboxylic acids is 1. The van der Waals surface area contributed by atoms with Gasteiger partial charge in [-0.25, -0.2) is 0 Å². The number of amides is 1. The Morgan fingerprint density at radius 1 is 1.16 bits per heavy atom. The van der Waals surface area contributed by atoms with E-state index in [-0.39, 0.29) is 11.3 Å². The van der Waals surface area contributed by atoms with Gasteiger partial charge in [0.15, 0.2) is 5.76 Å². The molecule has 1 aromatic heterocycles. The fourth-order valence-electron chi connectivity index (χ4n) is 3.87. The van der Waals surface area contributed by atoms with Gasteiger partial charge in [0.05, 0.1) is 13.7 Å². The second kappa shape index (κ2) is 6.56. The zero-order chi connectivity index (χ0) is 17.3. The first-order valence-corrected chi connectivity index (χ1v) is 8.80. The maximum atomic E-state index is 12.9. The van der Waals surface area contributed by atoms with E-state index in [1.807, 2.05) is 35.2 Å². The molecule has 0 N–H and O–H groups in total. The molecule has 25 heavy (non-hydrogen) atoms. The number of carbonyl (C=O) groups is 1. The van der Waals surface area contributed by atoms with Gasteiger partial charge in [0.1, 0.15) is 11.5 Å². The molecular formula is C20H23NO4. The maximum Gasteiger partial charge on any atom is 0.289 e. The highest BCUT2D eigenvalue weighted by molar-refractivity contribution is 5.92. The van der Waals surface area contributed by atoms with E-state index in [1.54, 1.807) is 13.2 Å². The zero-order valence-electron chi connectivity index (χ0n) is 14.5. The Bertz CT molecular complexity index is 743. The standard InChI is InChI=1S/C20H23NO4/c1-23-16-5-3-15(4-6-16)17-7-8-18(25-17)19(22)21-11-2-9-20(13-21)10-12-24-14-20/h3-8H,2,9-14H2,1H3/t20-/m1/s1. The Morgan fingerprint density at radius 2 is 2.00 bits per heavy atom. The monoisotopic (exact) mass is 341 g/mol. The van der Waals surface area contributed by atoms with Crippen LogP contribution in [0, 0.1) is 5.41 Å². The number of furan rings is 1. The first kappa shape index (κ1) is 16.2. The molecule has 0 radical (unpaired) electrons. The van der Waals surface area contributed by atoms with Gasteiger partial charge < -0.3 is 18.8 Å². The molecule has 1 amide bonds. The quantitative estimate of drug-likeness (QED) is 0.856. The molecule has 4 rings (SSSR count). The number of hydrogen-bond donors (Lipinski definition) is 0. The van der Waals surface area contributed by atoms with Crippen LogP contribution in [0.1, 0.15) is 29.8 Å². The van der Waals surface area contributed by atoms with E-state index in [4.69, 9.17) is 13.9 Å². The second-order valence-corrected chi connectivity index (χ2v) is 7.03. The summed E-state index contributed by atoms with van der Waals surface area (Å²) in [6, 6.07) is 11.2. The van der Waals surface area contributed by atoms with Crippen LogP contribution in [0.25, 0.3) is 11.3 Å². The third-order valence-electron chi connectivity index (χ3n) is 5.32. The minimum Gasteiger partial charge on any atom is -0.497 e. The topological polar surface area (TPSA) is 51.9 Å². The van der Waals surface area contributed by atoms with Crippen LogP contribution in [0.15, 0.2) is 40.8 Å². The van der Waals surface area contributed by atoms with E-state index in [2.05, 4.69) is 0 Å². The van der Waals surface area contributed by atoms with Gasteiger partial charge in [0, 0.05) is 30.7 Å². The fourth-order valence-corrected chi connectivity index (χ4v) is 3.87. The van der Waals surface area contributed by atoms with Gasteiger partial charge in [0.2, 0.25) is 0 Å². The first-order valence-electron chi connectivity index (χ1n) is 8.80. The van der Waals surface area contributed by atoms with E-state index < -0.39 is 0 Å². The molecule has 3 heterocycles. The van der Waals surface area contributed by atoms with E-state index >= 15 is 0 Å². The highest BCUT2D eigenvalue weighted by Gasteiger charge is 2.40. The number of ether oxygens (including phenoxy) is 2. The normalized spacial score (nSPS) is 23.2. The highest BCUT2D eigenvalue weighted by Crippen LogP contribution is 2.38. The summed E-state index contributed by atoms with van der Waals surface area (Å²) in [5.41, 5.74) is 1.08. The van der Waals surface area contributed by atoms with Crippen molar-refractivity contribution in [3.05, 3.63) is 42.2 Å². The average Bonchev–Trinajstić information content (AvgIpc) is 3.31. The molecule has 0 saturated carbocycles.